The molecular formula is C42H49FN10O19P2. The summed E-state index contributed by atoms with van der Waals surface area (Å²) in [5.41, 5.74) is 12.5. The monoisotopic (exact) mass is 1080 g/mol. The van der Waals surface area contributed by atoms with Gasteiger partial charge in [-0.3, -0.25) is 32.3 Å². The molecule has 398 valence electrons. The van der Waals surface area contributed by atoms with E-state index in [2.05, 4.69) is 35.1 Å². The van der Waals surface area contributed by atoms with Gasteiger partial charge in [0.1, 0.15) is 60.6 Å². The number of alkyl carbamates (subject to hydrolysis) is 1. The Bertz CT molecular complexity index is 2950. The second kappa shape index (κ2) is 23.4. The molecule has 2 aromatic carbocycles. The van der Waals surface area contributed by atoms with Gasteiger partial charge in [0.15, 0.2) is 36.3 Å². The quantitative estimate of drug-likeness (QED) is 0.0376. The molecule has 0 bridgehead atoms. The molecule has 5 aromatic rings. The van der Waals surface area contributed by atoms with Crippen molar-refractivity contribution in [1.29, 1.82) is 0 Å². The number of aromatic nitrogens is 6. The SMILES string of the molecule is Nc1ccn([C@@H]2O[C@H](COP(=O)(O)O)[C@@H](OP(=O)(O)OC[C@H]3O[C@@H](n4cnc5c(N)ncnc54)[C@H](O)[C@@H]3OC(=O)CCNC(=O)OCc3ccc(NC(=O)Cc4ccc(F)cc4)cc3)[C@H]2OC2CCCO2)c(=O)n1. The van der Waals surface area contributed by atoms with Gasteiger partial charge < -0.3 is 70.3 Å². The lowest BCUT2D eigenvalue weighted by Crippen LogP contribution is -2.42. The Kier molecular flexibility index (Phi) is 17.1. The van der Waals surface area contributed by atoms with Crippen LogP contribution in [0.3, 0.4) is 0 Å². The van der Waals surface area contributed by atoms with Gasteiger partial charge >= 0.3 is 33.4 Å². The third-order valence-corrected chi connectivity index (χ3v) is 12.9. The highest BCUT2D eigenvalue weighted by Gasteiger charge is 2.54. The molecule has 6 heterocycles. The molecular weight excluding hydrogens is 1030 g/mol. The summed E-state index contributed by atoms with van der Waals surface area (Å²) in [4.78, 5) is 97.5. The normalized spacial score (nSPS) is 24.6. The highest BCUT2D eigenvalue weighted by atomic mass is 31.2. The van der Waals surface area contributed by atoms with Gasteiger partial charge in [0.05, 0.1) is 32.4 Å². The van der Waals surface area contributed by atoms with Gasteiger partial charge in [-0.25, -0.2) is 38.1 Å². The number of esters is 1. The highest BCUT2D eigenvalue weighted by Crippen LogP contribution is 2.51. The first-order valence-corrected chi connectivity index (χ1v) is 25.4. The molecule has 0 radical (unpaired) electrons. The standard InChI is InChI=1S/C42H49FN10O19P2/c43-24-7-3-22(4-8-24)16-29(54)50-25-9-5-23(6-10-25)17-65-42(58)46-13-11-30(55)70-34-26(68-39(33(34)56)53-21-49-32-37(45)47-20-48-38(32)53)19-67-74(62,63)72-35-27(18-66-73(59,60)61)69-40(36(35)71-31-2-1-15-64-31)52-14-12-28(44)51-41(52)57/h3-10,12,14,20-21,26-27,31,33-36,39-40,56H,1-2,11,13,15-19H2,(H,46,58)(H,50,54)(H,62,63)(H2,44,51,57)(H2,45,47,48)(H2,59,60,61)/t26-,27-,31?,33-,34-,35-,36-,39-,40-/m1/s1. The Balaban J connectivity index is 0.910. The number of carbonyl (C=O) groups is 3. The summed E-state index contributed by atoms with van der Waals surface area (Å²) in [5.74, 6) is -1.91. The van der Waals surface area contributed by atoms with Crippen LogP contribution in [-0.2, 0) is 73.7 Å². The third kappa shape index (κ3) is 13.9. The van der Waals surface area contributed by atoms with Gasteiger partial charge in [-0.1, -0.05) is 24.3 Å². The van der Waals surface area contributed by atoms with Gasteiger partial charge in [-0.2, -0.15) is 4.98 Å². The number of halogens is 1. The van der Waals surface area contributed by atoms with Crippen LogP contribution in [0, 0.1) is 5.82 Å². The minimum atomic E-state index is -5.42. The van der Waals surface area contributed by atoms with Crippen molar-refractivity contribution in [3.63, 3.8) is 0 Å². The molecule has 10 atom stereocenters. The van der Waals surface area contributed by atoms with E-state index in [1.165, 1.54) is 47.4 Å². The number of fused-ring (bicyclic) bond motifs is 1. The molecule has 3 fully saturated rings. The summed E-state index contributed by atoms with van der Waals surface area (Å²) >= 11 is 0. The van der Waals surface area contributed by atoms with E-state index in [-0.39, 0.29) is 54.9 Å². The zero-order valence-electron chi connectivity index (χ0n) is 38.5. The van der Waals surface area contributed by atoms with E-state index in [1.54, 1.807) is 24.3 Å². The predicted molar refractivity (Wildman–Crippen MR) is 247 cm³/mol. The minimum Gasteiger partial charge on any atom is -0.456 e. The molecule has 32 heteroatoms. The van der Waals surface area contributed by atoms with Crippen LogP contribution < -0.4 is 27.8 Å². The Hall–Kier alpha value is -6.37. The number of nitrogens with two attached hydrogens (primary N) is 2. The molecule has 3 aliphatic heterocycles. The number of phosphoric acid groups is 2. The number of hydrogen-bond acceptors (Lipinski definition) is 22. The van der Waals surface area contributed by atoms with Crippen LogP contribution in [0.25, 0.3) is 11.2 Å². The first-order chi connectivity index (χ1) is 35.3. The Morgan fingerprint density at radius 3 is 2.31 bits per heavy atom. The van der Waals surface area contributed by atoms with E-state index in [1.807, 2.05) is 0 Å². The lowest BCUT2D eigenvalue weighted by molar-refractivity contribution is -0.181. The maximum absolute atomic E-state index is 13.9. The fraction of sp³-hybridized carbons (Fsp3) is 0.429. The predicted octanol–water partition coefficient (Wildman–Crippen LogP) is 1.09. The number of benzene rings is 2. The topological polar surface area (TPSA) is 404 Å². The number of imidazole rings is 1. The van der Waals surface area contributed by atoms with Crippen LogP contribution in [0.4, 0.5) is 26.5 Å². The number of carbonyl (C=O) groups excluding carboxylic acids is 3. The Morgan fingerprint density at radius 1 is 0.878 bits per heavy atom. The molecule has 0 saturated carbocycles. The van der Waals surface area contributed by atoms with Crippen LogP contribution in [0.1, 0.15) is 42.8 Å². The van der Waals surface area contributed by atoms with Crippen LogP contribution in [0.5, 0.6) is 0 Å². The molecule has 8 rings (SSSR count). The fourth-order valence-corrected chi connectivity index (χ4v) is 9.25. The Morgan fingerprint density at radius 2 is 1.59 bits per heavy atom. The molecule has 3 aromatic heterocycles. The van der Waals surface area contributed by atoms with Crippen molar-refractivity contribution in [2.45, 2.75) is 87.7 Å². The maximum Gasteiger partial charge on any atom is 0.472 e. The third-order valence-electron chi connectivity index (χ3n) is 11.4. The van der Waals surface area contributed by atoms with E-state index < -0.39 is 114 Å². The first-order valence-electron chi connectivity index (χ1n) is 22.4. The van der Waals surface area contributed by atoms with E-state index >= 15 is 0 Å². The number of aliphatic hydroxyl groups excluding tert-OH is 1. The first kappa shape index (κ1) is 53.9. The van der Waals surface area contributed by atoms with Gasteiger partial charge in [-0.05, 0) is 47.9 Å². The number of nitrogens with one attached hydrogen (secondary N) is 2. The van der Waals surface area contributed by atoms with Crippen molar-refractivity contribution in [3.8, 4) is 0 Å². The molecule has 3 aliphatic rings. The number of anilines is 3. The van der Waals surface area contributed by atoms with E-state index in [0.29, 0.717) is 29.7 Å². The number of hydrogen-bond donors (Lipinski definition) is 8. The summed E-state index contributed by atoms with van der Waals surface area (Å²) in [7, 11) is -10.6. The van der Waals surface area contributed by atoms with Crippen molar-refractivity contribution in [1.82, 2.24) is 34.4 Å². The average molecular weight is 1080 g/mol. The van der Waals surface area contributed by atoms with Gasteiger partial charge in [0, 0.05) is 31.5 Å². The van der Waals surface area contributed by atoms with Crippen LogP contribution in [-0.4, -0.2) is 136 Å². The van der Waals surface area contributed by atoms with Gasteiger partial charge in [0.25, 0.3) is 0 Å². The van der Waals surface area contributed by atoms with Crippen molar-refractivity contribution >= 4 is 62.1 Å². The van der Waals surface area contributed by atoms with Crippen molar-refractivity contribution in [2.75, 3.05) is 43.1 Å². The molecule has 74 heavy (non-hydrogen) atoms. The second-order valence-corrected chi connectivity index (χ2v) is 19.3. The number of nitrogens with zero attached hydrogens (tertiary/aromatic N) is 6. The zero-order chi connectivity index (χ0) is 52.7. The van der Waals surface area contributed by atoms with Gasteiger partial charge in [0.2, 0.25) is 5.91 Å². The average Bonchev–Trinajstić information content (AvgIpc) is 4.16. The second-order valence-electron chi connectivity index (χ2n) is 16.7. The number of amides is 2. The smallest absolute Gasteiger partial charge is 0.456 e. The Labute approximate surface area is 417 Å². The van der Waals surface area contributed by atoms with Gasteiger partial charge in [-0.15, -0.1) is 0 Å². The number of phosphoric ester groups is 2. The minimum absolute atomic E-state index is 0.0189. The van der Waals surface area contributed by atoms with Crippen LogP contribution in [0.15, 0.2) is 78.2 Å². The van der Waals surface area contributed by atoms with E-state index in [0.717, 1.165) is 10.9 Å². The van der Waals surface area contributed by atoms with Crippen molar-refractivity contribution in [2.24, 2.45) is 0 Å². The summed E-state index contributed by atoms with van der Waals surface area (Å²) < 4.78 is 91.2. The summed E-state index contributed by atoms with van der Waals surface area (Å²) in [6.45, 7) is -2.16. The van der Waals surface area contributed by atoms with Crippen LogP contribution in [0.2, 0.25) is 0 Å². The molecule has 29 nitrogen and oxygen atoms in total. The van der Waals surface area contributed by atoms with E-state index in [4.69, 9.17) is 48.9 Å². The molecule has 0 aliphatic carbocycles. The molecule has 2 amide bonds. The largest absolute Gasteiger partial charge is 0.472 e. The number of rotatable bonds is 21. The lowest BCUT2D eigenvalue weighted by atomic mass is 10.1. The summed E-state index contributed by atoms with van der Waals surface area (Å²) in [6.07, 6.45) is -10.9. The van der Waals surface area contributed by atoms with Crippen molar-refractivity contribution < 1.29 is 89.7 Å². The molecule has 2 unspecified atom stereocenters. The zero-order valence-corrected chi connectivity index (χ0v) is 40.3. The summed E-state index contributed by atoms with van der Waals surface area (Å²) in [5, 5.41) is 16.8. The number of nitrogen functional groups attached to an aromatic ring is 2. The van der Waals surface area contributed by atoms with Crippen LogP contribution >= 0.6 is 15.6 Å². The molecule has 10 N–H and O–H groups in total. The lowest BCUT2D eigenvalue weighted by Gasteiger charge is -2.28. The fourth-order valence-electron chi connectivity index (χ4n) is 7.95. The van der Waals surface area contributed by atoms with Crippen molar-refractivity contribution in [3.05, 3.63) is 101 Å². The highest BCUT2D eigenvalue weighted by molar-refractivity contribution is 7.47. The molecule has 0 spiro atoms. The molecule has 3 saturated heterocycles. The number of aliphatic hydroxyl groups is 1. The van der Waals surface area contributed by atoms with E-state index in [9.17, 15) is 52.5 Å². The maximum atomic E-state index is 13.9. The summed E-state index contributed by atoms with van der Waals surface area (Å²) in [6, 6.07) is 13.2. The number of ether oxygens (including phenoxy) is 6.